The van der Waals surface area contributed by atoms with Crippen molar-refractivity contribution in [1.29, 1.82) is 0 Å². The van der Waals surface area contributed by atoms with Crippen molar-refractivity contribution >= 4 is 18.4 Å². The molecule has 1 N–H and O–H groups in total. The average Bonchev–Trinajstić information content (AvgIpc) is 2.05. The van der Waals surface area contributed by atoms with Crippen LogP contribution in [0.2, 0.25) is 0 Å². The van der Waals surface area contributed by atoms with Gasteiger partial charge in [0.25, 0.3) is 0 Å². The van der Waals surface area contributed by atoms with E-state index in [-0.39, 0.29) is 12.4 Å². The number of carbonyl (C=O) groups is 1. The van der Waals surface area contributed by atoms with Gasteiger partial charge in [-0.25, -0.2) is 0 Å². The van der Waals surface area contributed by atoms with E-state index in [0.29, 0.717) is 0 Å². The van der Waals surface area contributed by atoms with Crippen molar-refractivity contribution in [3.8, 4) is 0 Å². The lowest BCUT2D eigenvalue weighted by molar-refractivity contribution is -0.152. The third-order valence-electron chi connectivity index (χ3n) is 2.93. The first-order valence-corrected chi connectivity index (χ1v) is 4.50. The lowest BCUT2D eigenvalue weighted by Crippen LogP contribution is -2.52. The average molecular weight is 208 g/mol. The number of halogens is 1. The van der Waals surface area contributed by atoms with Crippen LogP contribution in [0.25, 0.3) is 0 Å². The molecule has 0 bridgehead atoms. The van der Waals surface area contributed by atoms with Crippen LogP contribution in [-0.2, 0) is 4.79 Å². The molecule has 0 aromatic heterocycles. The molecule has 1 saturated carbocycles. The van der Waals surface area contributed by atoms with Gasteiger partial charge < -0.3 is 5.11 Å². The van der Waals surface area contributed by atoms with Crippen LogP contribution in [0, 0.1) is 0 Å². The van der Waals surface area contributed by atoms with E-state index in [0.717, 1.165) is 25.7 Å². The van der Waals surface area contributed by atoms with Crippen molar-refractivity contribution in [3.05, 3.63) is 0 Å². The van der Waals surface area contributed by atoms with Crippen LogP contribution >= 0.6 is 12.4 Å². The molecule has 1 rings (SSSR count). The zero-order valence-electron chi connectivity index (χ0n) is 8.25. The highest BCUT2D eigenvalue weighted by atomic mass is 35.5. The van der Waals surface area contributed by atoms with E-state index >= 15 is 0 Å². The highest BCUT2D eigenvalue weighted by Gasteiger charge is 2.41. The fourth-order valence-corrected chi connectivity index (χ4v) is 1.99. The maximum absolute atomic E-state index is 11.1. The van der Waals surface area contributed by atoms with Crippen LogP contribution < -0.4 is 0 Å². The maximum atomic E-state index is 11.1. The van der Waals surface area contributed by atoms with E-state index in [2.05, 4.69) is 0 Å². The molecule has 1 aliphatic carbocycles. The Bertz CT molecular complexity index is 176. The Morgan fingerprint density at radius 2 is 1.69 bits per heavy atom. The largest absolute Gasteiger partial charge is 0.480 e. The van der Waals surface area contributed by atoms with E-state index in [4.69, 9.17) is 5.11 Å². The van der Waals surface area contributed by atoms with Gasteiger partial charge in [-0.05, 0) is 26.9 Å². The molecule has 0 heterocycles. The summed E-state index contributed by atoms with van der Waals surface area (Å²) < 4.78 is 0. The fraction of sp³-hybridized carbons (Fsp3) is 0.889. The number of nitrogens with zero attached hydrogens (tertiary/aromatic N) is 1. The van der Waals surface area contributed by atoms with Crippen LogP contribution in [0.3, 0.4) is 0 Å². The Balaban J connectivity index is 0.00000144. The van der Waals surface area contributed by atoms with Crippen LogP contribution in [-0.4, -0.2) is 35.6 Å². The van der Waals surface area contributed by atoms with Gasteiger partial charge in [-0.15, -0.1) is 12.4 Å². The summed E-state index contributed by atoms with van der Waals surface area (Å²) >= 11 is 0. The Hall–Kier alpha value is -0.280. The van der Waals surface area contributed by atoms with E-state index < -0.39 is 11.5 Å². The summed E-state index contributed by atoms with van der Waals surface area (Å²) in [5.74, 6) is -0.660. The molecule has 0 spiro atoms. The van der Waals surface area contributed by atoms with Crippen molar-refractivity contribution in [1.82, 2.24) is 4.90 Å². The molecule has 78 valence electrons. The molecule has 13 heavy (non-hydrogen) atoms. The second-order valence-corrected chi connectivity index (χ2v) is 3.79. The molecule has 0 amide bonds. The van der Waals surface area contributed by atoms with Crippen LogP contribution in [0.1, 0.15) is 32.1 Å². The molecule has 0 radical (unpaired) electrons. The van der Waals surface area contributed by atoms with Crippen molar-refractivity contribution in [2.75, 3.05) is 14.1 Å². The van der Waals surface area contributed by atoms with Gasteiger partial charge in [0.2, 0.25) is 0 Å². The van der Waals surface area contributed by atoms with Crippen LogP contribution in [0.5, 0.6) is 0 Å². The molecule has 3 nitrogen and oxygen atoms in total. The number of carboxylic acids is 1. The van der Waals surface area contributed by atoms with Crippen LogP contribution in [0.15, 0.2) is 0 Å². The molecule has 1 aliphatic rings. The van der Waals surface area contributed by atoms with E-state index in [9.17, 15) is 4.79 Å². The summed E-state index contributed by atoms with van der Waals surface area (Å²) in [6.45, 7) is 0. The summed E-state index contributed by atoms with van der Waals surface area (Å²) in [5, 5.41) is 9.12. The first kappa shape index (κ1) is 12.7. The van der Waals surface area contributed by atoms with Gasteiger partial charge in [0.05, 0.1) is 0 Å². The molecule has 0 aromatic rings. The predicted molar refractivity (Wildman–Crippen MR) is 54.4 cm³/mol. The molecule has 0 saturated heterocycles. The van der Waals surface area contributed by atoms with Gasteiger partial charge in [-0.2, -0.15) is 0 Å². The standard InChI is InChI=1S/C9H17NO2.ClH/c1-10(2)9(8(11)12)6-4-3-5-7-9;/h3-7H2,1-2H3,(H,11,12);1H. The van der Waals surface area contributed by atoms with Crippen molar-refractivity contribution in [2.45, 2.75) is 37.6 Å². The van der Waals surface area contributed by atoms with Crippen molar-refractivity contribution in [3.63, 3.8) is 0 Å². The zero-order chi connectivity index (χ0) is 9.19. The lowest BCUT2D eigenvalue weighted by Gasteiger charge is -2.38. The number of rotatable bonds is 2. The molecule has 1 fully saturated rings. The van der Waals surface area contributed by atoms with E-state index in [1.54, 1.807) is 0 Å². The van der Waals surface area contributed by atoms with Gasteiger partial charge in [-0.1, -0.05) is 19.3 Å². The molecule has 0 aromatic carbocycles. The Morgan fingerprint density at radius 3 is 1.92 bits per heavy atom. The molecule has 0 aliphatic heterocycles. The van der Waals surface area contributed by atoms with Gasteiger partial charge in [0.1, 0.15) is 5.54 Å². The van der Waals surface area contributed by atoms with Gasteiger partial charge in [-0.3, -0.25) is 9.69 Å². The summed E-state index contributed by atoms with van der Waals surface area (Å²) in [5.41, 5.74) is -0.571. The first-order valence-electron chi connectivity index (χ1n) is 4.50. The molecule has 0 atom stereocenters. The number of hydrogen-bond acceptors (Lipinski definition) is 2. The normalized spacial score (nSPS) is 20.8. The van der Waals surface area contributed by atoms with Crippen molar-refractivity contribution in [2.24, 2.45) is 0 Å². The molecular weight excluding hydrogens is 190 g/mol. The highest BCUT2D eigenvalue weighted by molar-refractivity contribution is 5.85. The van der Waals surface area contributed by atoms with E-state index in [1.165, 1.54) is 6.42 Å². The summed E-state index contributed by atoms with van der Waals surface area (Å²) in [6, 6.07) is 0. The second-order valence-electron chi connectivity index (χ2n) is 3.79. The molecule has 4 heteroatoms. The third-order valence-corrected chi connectivity index (χ3v) is 2.93. The third kappa shape index (κ3) is 2.35. The number of aliphatic carboxylic acids is 1. The first-order chi connectivity index (χ1) is 5.59. The van der Waals surface area contributed by atoms with Gasteiger partial charge >= 0.3 is 5.97 Å². The SMILES string of the molecule is CN(C)C1(C(=O)O)CCCCC1.Cl. The molecule has 0 unspecified atom stereocenters. The Labute approximate surface area is 85.5 Å². The Morgan fingerprint density at radius 1 is 1.23 bits per heavy atom. The lowest BCUT2D eigenvalue weighted by atomic mass is 9.81. The smallest absolute Gasteiger partial charge is 0.324 e. The van der Waals surface area contributed by atoms with Crippen molar-refractivity contribution < 1.29 is 9.90 Å². The quantitative estimate of drug-likeness (QED) is 0.750. The number of likely N-dealkylation sites (N-methyl/N-ethyl adjacent to an activating group) is 1. The fourth-order valence-electron chi connectivity index (χ4n) is 1.99. The predicted octanol–water partition coefficient (Wildman–Crippen LogP) is 1.76. The minimum Gasteiger partial charge on any atom is -0.480 e. The second kappa shape index (κ2) is 4.82. The highest BCUT2D eigenvalue weighted by Crippen LogP contribution is 2.32. The van der Waals surface area contributed by atoms with Gasteiger partial charge in [0.15, 0.2) is 0 Å². The summed E-state index contributed by atoms with van der Waals surface area (Å²) in [6.07, 6.45) is 4.88. The number of hydrogen-bond donors (Lipinski definition) is 1. The topological polar surface area (TPSA) is 40.5 Å². The summed E-state index contributed by atoms with van der Waals surface area (Å²) in [4.78, 5) is 12.9. The van der Waals surface area contributed by atoms with Gasteiger partial charge in [0, 0.05) is 0 Å². The molecular formula is C9H18ClNO2. The Kier molecular flexibility index (Phi) is 4.71. The monoisotopic (exact) mass is 207 g/mol. The van der Waals surface area contributed by atoms with E-state index in [1.807, 2.05) is 19.0 Å². The van der Waals surface area contributed by atoms with Crippen LogP contribution in [0.4, 0.5) is 0 Å². The minimum atomic E-state index is -0.660. The number of carboxylic acid groups (broad SMARTS) is 1. The summed E-state index contributed by atoms with van der Waals surface area (Å²) in [7, 11) is 3.72. The minimum absolute atomic E-state index is 0. The maximum Gasteiger partial charge on any atom is 0.324 e. The zero-order valence-corrected chi connectivity index (χ0v) is 9.06.